The maximum absolute atomic E-state index is 11.6. The third-order valence-electron chi connectivity index (χ3n) is 2.44. The molecule has 1 atom stereocenters. The van der Waals surface area contributed by atoms with E-state index in [0.29, 0.717) is 6.54 Å². The van der Waals surface area contributed by atoms with E-state index in [4.69, 9.17) is 5.73 Å². The molecule has 0 aromatic rings. The van der Waals surface area contributed by atoms with Crippen LogP contribution in [0.15, 0.2) is 0 Å². The Morgan fingerprint density at radius 1 is 1.33 bits per heavy atom. The normalized spacial score (nSPS) is 14.0. The molecule has 0 aromatic heterocycles. The van der Waals surface area contributed by atoms with Gasteiger partial charge in [0.15, 0.2) is 9.84 Å². The van der Waals surface area contributed by atoms with Gasteiger partial charge in [0, 0.05) is 19.6 Å². The number of likely N-dealkylation sites (N-methyl/N-ethyl adjacent to an activating group) is 1. The summed E-state index contributed by atoms with van der Waals surface area (Å²) in [6.45, 7) is 5.23. The van der Waals surface area contributed by atoms with E-state index in [9.17, 15) is 13.2 Å². The van der Waals surface area contributed by atoms with Gasteiger partial charge in [0.2, 0.25) is 5.91 Å². The fourth-order valence-electron chi connectivity index (χ4n) is 0.845. The van der Waals surface area contributed by atoms with E-state index in [1.54, 1.807) is 27.8 Å². The highest BCUT2D eigenvalue weighted by molar-refractivity contribution is 7.92. The molecule has 0 aliphatic rings. The SMILES string of the molecule is CC(CN)N(C)C(=O)CS(=O)(=O)C(C)C. The number of nitrogens with two attached hydrogens (primary N) is 1. The van der Waals surface area contributed by atoms with Crippen LogP contribution in [0.5, 0.6) is 0 Å². The van der Waals surface area contributed by atoms with Gasteiger partial charge in [0.1, 0.15) is 5.75 Å². The first kappa shape index (κ1) is 14.4. The second-order valence-corrected chi connectivity index (χ2v) is 6.50. The van der Waals surface area contributed by atoms with E-state index in [2.05, 4.69) is 0 Å². The number of amides is 1. The second-order valence-electron chi connectivity index (χ2n) is 3.95. The van der Waals surface area contributed by atoms with Crippen LogP contribution in [0, 0.1) is 0 Å². The van der Waals surface area contributed by atoms with Crippen LogP contribution in [-0.4, -0.2) is 49.9 Å². The van der Waals surface area contributed by atoms with Gasteiger partial charge in [-0.15, -0.1) is 0 Å². The van der Waals surface area contributed by atoms with E-state index in [1.807, 2.05) is 0 Å². The summed E-state index contributed by atoms with van der Waals surface area (Å²) in [7, 11) is -1.75. The summed E-state index contributed by atoms with van der Waals surface area (Å²) < 4.78 is 23.0. The van der Waals surface area contributed by atoms with Gasteiger partial charge in [-0.25, -0.2) is 8.42 Å². The number of hydrogen-bond donors (Lipinski definition) is 1. The number of rotatable bonds is 5. The molecule has 0 fully saturated rings. The lowest BCUT2D eigenvalue weighted by Gasteiger charge is -2.23. The van der Waals surface area contributed by atoms with Crippen LogP contribution in [0.1, 0.15) is 20.8 Å². The van der Waals surface area contributed by atoms with Crippen molar-refractivity contribution in [2.45, 2.75) is 32.1 Å². The summed E-state index contributed by atoms with van der Waals surface area (Å²) in [5.41, 5.74) is 5.39. The van der Waals surface area contributed by atoms with Gasteiger partial charge in [-0.3, -0.25) is 4.79 Å². The summed E-state index contributed by atoms with van der Waals surface area (Å²) in [4.78, 5) is 12.9. The number of sulfone groups is 1. The Kier molecular flexibility index (Phi) is 5.23. The van der Waals surface area contributed by atoms with Crippen LogP contribution in [0.2, 0.25) is 0 Å². The number of hydrogen-bond acceptors (Lipinski definition) is 4. The van der Waals surface area contributed by atoms with Gasteiger partial charge in [-0.1, -0.05) is 0 Å². The molecular formula is C9H20N2O3S. The number of carbonyl (C=O) groups is 1. The lowest BCUT2D eigenvalue weighted by atomic mass is 10.3. The van der Waals surface area contributed by atoms with Crippen molar-refractivity contribution in [3.8, 4) is 0 Å². The average Bonchev–Trinajstić information content (AvgIpc) is 2.14. The predicted octanol–water partition coefficient (Wildman–Crippen LogP) is -0.385. The maximum atomic E-state index is 11.6. The Morgan fingerprint density at radius 2 is 1.80 bits per heavy atom. The largest absolute Gasteiger partial charge is 0.341 e. The first-order valence-corrected chi connectivity index (χ1v) is 6.61. The minimum Gasteiger partial charge on any atom is -0.341 e. The minimum atomic E-state index is -3.32. The molecular weight excluding hydrogens is 216 g/mol. The highest BCUT2D eigenvalue weighted by Crippen LogP contribution is 2.03. The van der Waals surface area contributed by atoms with E-state index in [0.717, 1.165) is 0 Å². The van der Waals surface area contributed by atoms with Crippen molar-refractivity contribution in [3.05, 3.63) is 0 Å². The van der Waals surface area contributed by atoms with E-state index in [-0.39, 0.29) is 6.04 Å². The average molecular weight is 236 g/mol. The molecule has 5 nitrogen and oxygen atoms in total. The molecule has 0 aliphatic heterocycles. The van der Waals surface area contributed by atoms with E-state index in [1.165, 1.54) is 4.90 Å². The maximum Gasteiger partial charge on any atom is 0.237 e. The molecule has 1 unspecified atom stereocenters. The van der Waals surface area contributed by atoms with Gasteiger partial charge < -0.3 is 10.6 Å². The highest BCUT2D eigenvalue weighted by Gasteiger charge is 2.24. The molecule has 0 rings (SSSR count). The third-order valence-corrected chi connectivity index (χ3v) is 4.52. The second kappa shape index (κ2) is 5.46. The lowest BCUT2D eigenvalue weighted by molar-refractivity contribution is -0.128. The zero-order valence-electron chi connectivity index (χ0n) is 9.73. The first-order chi connectivity index (χ1) is 6.72. The Hall–Kier alpha value is -0.620. The molecule has 0 aliphatic carbocycles. The van der Waals surface area contributed by atoms with E-state index < -0.39 is 26.7 Å². The van der Waals surface area contributed by atoms with Gasteiger partial charge in [-0.2, -0.15) is 0 Å². The van der Waals surface area contributed by atoms with Crippen molar-refractivity contribution >= 4 is 15.7 Å². The zero-order valence-corrected chi connectivity index (χ0v) is 10.5. The topological polar surface area (TPSA) is 80.5 Å². The van der Waals surface area contributed by atoms with Crippen LogP contribution < -0.4 is 5.73 Å². The fourth-order valence-corrected chi connectivity index (χ4v) is 1.73. The van der Waals surface area contributed by atoms with Crippen LogP contribution in [-0.2, 0) is 14.6 Å². The van der Waals surface area contributed by atoms with Crippen molar-refractivity contribution in [2.24, 2.45) is 5.73 Å². The molecule has 90 valence electrons. The minimum absolute atomic E-state index is 0.139. The molecule has 0 heterocycles. The first-order valence-electron chi connectivity index (χ1n) is 4.89. The summed E-state index contributed by atoms with van der Waals surface area (Å²) in [5, 5.41) is -0.525. The van der Waals surface area contributed by atoms with E-state index >= 15 is 0 Å². The zero-order chi connectivity index (χ0) is 12.2. The molecule has 15 heavy (non-hydrogen) atoms. The Bertz CT molecular complexity index is 311. The van der Waals surface area contributed by atoms with Crippen molar-refractivity contribution < 1.29 is 13.2 Å². The smallest absolute Gasteiger partial charge is 0.237 e. The Morgan fingerprint density at radius 3 is 2.13 bits per heavy atom. The van der Waals surface area contributed by atoms with Crippen LogP contribution in [0.3, 0.4) is 0 Å². The number of carbonyl (C=O) groups excluding carboxylic acids is 1. The van der Waals surface area contributed by atoms with Gasteiger partial charge >= 0.3 is 0 Å². The van der Waals surface area contributed by atoms with Crippen molar-refractivity contribution in [1.82, 2.24) is 4.90 Å². The molecule has 6 heteroatoms. The molecule has 2 N–H and O–H groups in total. The summed E-state index contributed by atoms with van der Waals surface area (Å²) in [6, 6.07) is -0.139. The monoisotopic (exact) mass is 236 g/mol. The van der Waals surface area contributed by atoms with Crippen molar-refractivity contribution in [3.63, 3.8) is 0 Å². The standard InChI is InChI=1S/C9H20N2O3S/c1-7(2)15(13,14)6-9(12)11(4)8(3)5-10/h7-8H,5-6,10H2,1-4H3. The Labute approximate surface area is 91.5 Å². The van der Waals surface area contributed by atoms with Gasteiger partial charge in [0.25, 0.3) is 0 Å². The lowest BCUT2D eigenvalue weighted by Crippen LogP contribution is -2.43. The van der Waals surface area contributed by atoms with Crippen LogP contribution >= 0.6 is 0 Å². The molecule has 0 spiro atoms. The predicted molar refractivity (Wildman–Crippen MR) is 60.2 cm³/mol. The number of nitrogens with zero attached hydrogens (tertiary/aromatic N) is 1. The van der Waals surface area contributed by atoms with Crippen molar-refractivity contribution in [1.29, 1.82) is 0 Å². The Balaban J connectivity index is 4.51. The van der Waals surface area contributed by atoms with Gasteiger partial charge in [-0.05, 0) is 20.8 Å². The molecule has 0 saturated carbocycles. The molecule has 0 aromatic carbocycles. The molecule has 0 bridgehead atoms. The third kappa shape index (κ3) is 4.17. The van der Waals surface area contributed by atoms with Crippen LogP contribution in [0.25, 0.3) is 0 Å². The highest BCUT2D eigenvalue weighted by atomic mass is 32.2. The molecule has 0 saturated heterocycles. The van der Waals surface area contributed by atoms with Gasteiger partial charge in [0.05, 0.1) is 5.25 Å². The summed E-state index contributed by atoms with van der Waals surface area (Å²) in [5.74, 6) is -0.840. The van der Waals surface area contributed by atoms with Crippen molar-refractivity contribution in [2.75, 3.05) is 19.3 Å². The quantitative estimate of drug-likeness (QED) is 0.705. The molecule has 0 radical (unpaired) electrons. The summed E-state index contributed by atoms with van der Waals surface area (Å²) in [6.07, 6.45) is 0. The van der Waals surface area contributed by atoms with Crippen LogP contribution in [0.4, 0.5) is 0 Å². The summed E-state index contributed by atoms with van der Waals surface area (Å²) >= 11 is 0. The molecule has 1 amide bonds. The fraction of sp³-hybridized carbons (Fsp3) is 0.889.